The molecule has 0 atom stereocenters. The van der Waals surface area contributed by atoms with Crippen molar-refractivity contribution in [1.29, 1.82) is 0 Å². The van der Waals surface area contributed by atoms with Crippen molar-refractivity contribution in [3.05, 3.63) is 35.9 Å². The lowest BCUT2D eigenvalue weighted by Gasteiger charge is -2.28. The molecule has 0 spiro atoms. The zero-order valence-corrected chi connectivity index (χ0v) is 11.9. The van der Waals surface area contributed by atoms with E-state index in [-0.39, 0.29) is 12.0 Å². The lowest BCUT2D eigenvalue weighted by Crippen LogP contribution is -2.39. The van der Waals surface area contributed by atoms with Gasteiger partial charge in [0.15, 0.2) is 0 Å². The Hall–Kier alpha value is -1.26. The van der Waals surface area contributed by atoms with Crippen LogP contribution < -0.4 is 0 Å². The summed E-state index contributed by atoms with van der Waals surface area (Å²) in [5.74, 6) is 0.0286. The number of piperidine rings is 1. The summed E-state index contributed by atoms with van der Waals surface area (Å²) >= 11 is 1.70. The third-order valence-corrected chi connectivity index (χ3v) is 4.05. The molecule has 1 aliphatic heterocycles. The molecule has 2 rings (SSSR count). The molecule has 0 aliphatic carbocycles. The van der Waals surface area contributed by atoms with Crippen molar-refractivity contribution < 1.29 is 9.90 Å². The molecule has 1 fully saturated rings. The van der Waals surface area contributed by atoms with Gasteiger partial charge in [0, 0.05) is 24.1 Å². The van der Waals surface area contributed by atoms with E-state index in [1.165, 1.54) is 4.90 Å². The molecule has 0 unspecified atom stereocenters. The quantitative estimate of drug-likeness (QED) is 0.681. The van der Waals surface area contributed by atoms with E-state index in [0.29, 0.717) is 25.9 Å². The van der Waals surface area contributed by atoms with Crippen molar-refractivity contribution in [3.63, 3.8) is 0 Å². The molecule has 0 bridgehead atoms. The minimum absolute atomic E-state index is 0.0286. The molecule has 1 saturated heterocycles. The Kier molecular flexibility index (Phi) is 5.05. The molecule has 1 N–H and O–H groups in total. The van der Waals surface area contributed by atoms with Crippen LogP contribution in [0.25, 0.3) is 6.08 Å². The number of hydrogen-bond acceptors (Lipinski definition) is 3. The summed E-state index contributed by atoms with van der Waals surface area (Å²) < 4.78 is 0. The van der Waals surface area contributed by atoms with Gasteiger partial charge in [-0.3, -0.25) is 4.79 Å². The fraction of sp³-hybridized carbons (Fsp3) is 0.400. The number of nitrogens with zero attached hydrogens (tertiary/aromatic N) is 1. The van der Waals surface area contributed by atoms with Crippen LogP contribution in [0, 0.1) is 0 Å². The standard InChI is InChI=1S/C15H19NO2S/c1-19-14-5-2-12(3-6-14)4-7-15(18)16-10-8-13(17)9-11-16/h2-7,13,17H,8-11H2,1H3. The first kappa shape index (κ1) is 14.2. The average molecular weight is 277 g/mol. The van der Waals surface area contributed by atoms with Crippen molar-refractivity contribution in [1.82, 2.24) is 4.90 Å². The maximum Gasteiger partial charge on any atom is 0.246 e. The number of carbonyl (C=O) groups is 1. The summed E-state index contributed by atoms with van der Waals surface area (Å²) in [7, 11) is 0. The number of benzene rings is 1. The monoisotopic (exact) mass is 277 g/mol. The molecule has 0 aromatic heterocycles. The maximum atomic E-state index is 12.0. The molecule has 1 aliphatic rings. The number of hydrogen-bond donors (Lipinski definition) is 1. The molecule has 1 heterocycles. The summed E-state index contributed by atoms with van der Waals surface area (Å²) in [5.41, 5.74) is 1.03. The normalized spacial score (nSPS) is 17.1. The van der Waals surface area contributed by atoms with Gasteiger partial charge in [-0.15, -0.1) is 11.8 Å². The van der Waals surface area contributed by atoms with Crippen molar-refractivity contribution in [2.24, 2.45) is 0 Å². The van der Waals surface area contributed by atoms with Crippen LogP contribution in [-0.4, -0.2) is 41.4 Å². The molecule has 4 heteroatoms. The van der Waals surface area contributed by atoms with E-state index < -0.39 is 0 Å². The Morgan fingerprint density at radius 3 is 2.53 bits per heavy atom. The largest absolute Gasteiger partial charge is 0.393 e. The second-order valence-corrected chi connectivity index (χ2v) is 5.54. The lowest BCUT2D eigenvalue weighted by molar-refractivity contribution is -0.127. The van der Waals surface area contributed by atoms with Crippen LogP contribution in [0.1, 0.15) is 18.4 Å². The molecular formula is C15H19NO2S. The number of thioether (sulfide) groups is 1. The van der Waals surface area contributed by atoms with E-state index in [1.54, 1.807) is 22.7 Å². The lowest BCUT2D eigenvalue weighted by atomic mass is 10.1. The molecule has 19 heavy (non-hydrogen) atoms. The third kappa shape index (κ3) is 4.11. The first-order valence-electron chi connectivity index (χ1n) is 6.48. The van der Waals surface area contributed by atoms with Crippen LogP contribution in [0.5, 0.6) is 0 Å². The van der Waals surface area contributed by atoms with Gasteiger partial charge < -0.3 is 10.0 Å². The Labute approximate surface area is 118 Å². The minimum atomic E-state index is -0.243. The Morgan fingerprint density at radius 1 is 1.32 bits per heavy atom. The van der Waals surface area contributed by atoms with E-state index in [2.05, 4.69) is 0 Å². The van der Waals surface area contributed by atoms with Gasteiger partial charge in [0.2, 0.25) is 5.91 Å². The van der Waals surface area contributed by atoms with Crippen LogP contribution in [0.2, 0.25) is 0 Å². The summed E-state index contributed by atoms with van der Waals surface area (Å²) in [6.07, 6.45) is 6.62. The molecule has 1 amide bonds. The summed E-state index contributed by atoms with van der Waals surface area (Å²) in [4.78, 5) is 15.0. The first-order chi connectivity index (χ1) is 9.19. The number of likely N-dealkylation sites (tertiary alicyclic amines) is 1. The van der Waals surface area contributed by atoms with Crippen LogP contribution in [0.4, 0.5) is 0 Å². The SMILES string of the molecule is CSc1ccc(C=CC(=O)N2CCC(O)CC2)cc1. The van der Waals surface area contributed by atoms with Gasteiger partial charge in [-0.2, -0.15) is 0 Å². The van der Waals surface area contributed by atoms with E-state index in [4.69, 9.17) is 0 Å². The van der Waals surface area contributed by atoms with Crippen molar-refractivity contribution in [3.8, 4) is 0 Å². The highest BCUT2D eigenvalue weighted by atomic mass is 32.2. The fourth-order valence-corrected chi connectivity index (χ4v) is 2.48. The smallest absolute Gasteiger partial charge is 0.246 e. The molecular weight excluding hydrogens is 258 g/mol. The van der Waals surface area contributed by atoms with E-state index >= 15 is 0 Å². The highest BCUT2D eigenvalue weighted by molar-refractivity contribution is 7.98. The van der Waals surface area contributed by atoms with Crippen molar-refractivity contribution in [2.45, 2.75) is 23.8 Å². The average Bonchev–Trinajstić information content (AvgIpc) is 2.46. The number of aliphatic hydroxyl groups is 1. The number of rotatable bonds is 3. The predicted molar refractivity (Wildman–Crippen MR) is 79.1 cm³/mol. The van der Waals surface area contributed by atoms with Gasteiger partial charge in [0.25, 0.3) is 0 Å². The summed E-state index contributed by atoms with van der Waals surface area (Å²) in [6, 6.07) is 8.11. The highest BCUT2D eigenvalue weighted by Gasteiger charge is 2.19. The fourth-order valence-electron chi connectivity index (χ4n) is 2.07. The second-order valence-electron chi connectivity index (χ2n) is 4.66. The third-order valence-electron chi connectivity index (χ3n) is 3.31. The molecule has 1 aromatic rings. The Balaban J connectivity index is 1.92. The molecule has 3 nitrogen and oxygen atoms in total. The zero-order valence-electron chi connectivity index (χ0n) is 11.1. The topological polar surface area (TPSA) is 40.5 Å². The van der Waals surface area contributed by atoms with E-state index in [1.807, 2.05) is 36.6 Å². The molecule has 0 radical (unpaired) electrons. The number of aliphatic hydroxyl groups excluding tert-OH is 1. The number of amides is 1. The minimum Gasteiger partial charge on any atom is -0.393 e. The van der Waals surface area contributed by atoms with Crippen molar-refractivity contribution in [2.75, 3.05) is 19.3 Å². The van der Waals surface area contributed by atoms with Gasteiger partial charge in [0.1, 0.15) is 0 Å². The predicted octanol–water partition coefficient (Wildman–Crippen LogP) is 2.41. The van der Waals surface area contributed by atoms with Crippen LogP contribution in [0.15, 0.2) is 35.2 Å². The highest BCUT2D eigenvalue weighted by Crippen LogP contribution is 2.16. The molecule has 1 aromatic carbocycles. The van der Waals surface area contributed by atoms with Crippen molar-refractivity contribution >= 4 is 23.7 Å². The van der Waals surface area contributed by atoms with Crippen LogP contribution in [0.3, 0.4) is 0 Å². The summed E-state index contributed by atoms with van der Waals surface area (Å²) in [6.45, 7) is 1.30. The van der Waals surface area contributed by atoms with Gasteiger partial charge in [-0.05, 0) is 42.9 Å². The zero-order chi connectivity index (χ0) is 13.7. The molecule has 0 saturated carbocycles. The second kappa shape index (κ2) is 6.78. The summed E-state index contributed by atoms with van der Waals surface area (Å²) in [5, 5.41) is 9.41. The maximum absolute atomic E-state index is 12.0. The van der Waals surface area contributed by atoms with Gasteiger partial charge in [-0.1, -0.05) is 12.1 Å². The van der Waals surface area contributed by atoms with Crippen LogP contribution >= 0.6 is 11.8 Å². The van der Waals surface area contributed by atoms with E-state index in [0.717, 1.165) is 5.56 Å². The molecule has 102 valence electrons. The first-order valence-corrected chi connectivity index (χ1v) is 7.70. The Morgan fingerprint density at radius 2 is 1.95 bits per heavy atom. The van der Waals surface area contributed by atoms with Crippen LogP contribution in [-0.2, 0) is 4.79 Å². The van der Waals surface area contributed by atoms with Gasteiger partial charge >= 0.3 is 0 Å². The number of carbonyl (C=O) groups excluding carboxylic acids is 1. The van der Waals surface area contributed by atoms with Gasteiger partial charge in [-0.25, -0.2) is 0 Å². The Bertz CT molecular complexity index is 448. The van der Waals surface area contributed by atoms with Gasteiger partial charge in [0.05, 0.1) is 6.10 Å². The van der Waals surface area contributed by atoms with E-state index in [9.17, 15) is 9.90 Å².